The van der Waals surface area contributed by atoms with Gasteiger partial charge in [-0.05, 0) is 12.8 Å². The van der Waals surface area contributed by atoms with Gasteiger partial charge >= 0.3 is 0 Å². The SMILES string of the molecule is [N]OC1CC1. The van der Waals surface area contributed by atoms with E-state index in [1.807, 2.05) is 0 Å². The summed E-state index contributed by atoms with van der Waals surface area (Å²) in [7, 11) is 0. The predicted molar refractivity (Wildman–Crippen MR) is 16.2 cm³/mol. The molecule has 0 unspecified atom stereocenters. The average Bonchev–Trinajstić information content (AvgIpc) is 2.12. The lowest BCUT2D eigenvalue weighted by Gasteiger charge is -1.74. The minimum Gasteiger partial charge on any atom is -0.260 e. The molecule has 0 aliphatic heterocycles. The van der Waals surface area contributed by atoms with E-state index in [1.54, 1.807) is 0 Å². The van der Waals surface area contributed by atoms with Gasteiger partial charge in [-0.25, -0.2) is 0 Å². The average molecular weight is 71.1 g/mol. The molecule has 0 aromatic heterocycles. The number of nitrogens with zero attached hydrogens (tertiary/aromatic N) is 1. The van der Waals surface area contributed by atoms with Crippen molar-refractivity contribution in [1.82, 2.24) is 5.90 Å². The molecule has 5 heavy (non-hydrogen) atoms. The van der Waals surface area contributed by atoms with E-state index in [9.17, 15) is 0 Å². The highest BCUT2D eigenvalue weighted by Crippen LogP contribution is 2.21. The van der Waals surface area contributed by atoms with Gasteiger partial charge in [-0.1, -0.05) is 0 Å². The van der Waals surface area contributed by atoms with Crippen LogP contribution >= 0.6 is 0 Å². The van der Waals surface area contributed by atoms with Gasteiger partial charge in [0.1, 0.15) is 0 Å². The highest BCUT2D eigenvalue weighted by atomic mass is 16.6. The topological polar surface area (TPSA) is 31.5 Å². The van der Waals surface area contributed by atoms with E-state index in [0.717, 1.165) is 12.8 Å². The first-order chi connectivity index (χ1) is 2.43. The molecule has 1 aliphatic rings. The Morgan fingerprint density at radius 2 is 2.20 bits per heavy atom. The second-order valence-corrected chi connectivity index (χ2v) is 1.30. The smallest absolute Gasteiger partial charge is 0.0830 e. The van der Waals surface area contributed by atoms with Crippen molar-refractivity contribution in [3.05, 3.63) is 0 Å². The molecule has 1 aliphatic carbocycles. The zero-order valence-corrected chi connectivity index (χ0v) is 2.85. The fourth-order valence-electron chi connectivity index (χ4n) is 0.173. The van der Waals surface area contributed by atoms with Gasteiger partial charge in [0.2, 0.25) is 0 Å². The van der Waals surface area contributed by atoms with Crippen molar-refractivity contribution in [2.24, 2.45) is 0 Å². The first-order valence-electron chi connectivity index (χ1n) is 1.73. The van der Waals surface area contributed by atoms with Crippen molar-refractivity contribution in [3.63, 3.8) is 0 Å². The van der Waals surface area contributed by atoms with Crippen molar-refractivity contribution in [3.8, 4) is 0 Å². The Labute approximate surface area is 30.9 Å². The molecular weight excluding hydrogens is 66.0 g/mol. The van der Waals surface area contributed by atoms with Crippen LogP contribution < -0.4 is 5.90 Å². The third-order valence-electron chi connectivity index (χ3n) is 0.673. The van der Waals surface area contributed by atoms with Gasteiger partial charge in [-0.2, -0.15) is 0 Å². The zero-order chi connectivity index (χ0) is 3.70. The Morgan fingerprint density at radius 3 is 2.20 bits per heavy atom. The third-order valence-corrected chi connectivity index (χ3v) is 0.673. The van der Waals surface area contributed by atoms with Crippen LogP contribution in [0.4, 0.5) is 0 Å². The maximum Gasteiger partial charge on any atom is 0.0830 e. The van der Waals surface area contributed by atoms with Gasteiger partial charge in [0, 0.05) is 5.90 Å². The summed E-state index contributed by atoms with van der Waals surface area (Å²) in [6.45, 7) is 0. The van der Waals surface area contributed by atoms with Crippen molar-refractivity contribution in [1.29, 1.82) is 0 Å². The van der Waals surface area contributed by atoms with Crippen molar-refractivity contribution in [2.45, 2.75) is 18.9 Å². The molecule has 1 fully saturated rings. The Kier molecular flexibility index (Phi) is 0.596. The number of hydrogen-bond acceptors (Lipinski definition) is 1. The standard InChI is InChI=1S/C3H5NO/c4-5-3-1-2-3/h3H,1-2H2. The molecule has 0 spiro atoms. The fraction of sp³-hybridized carbons (Fsp3) is 1.00. The summed E-state index contributed by atoms with van der Waals surface area (Å²) in [6, 6.07) is 0. The predicted octanol–water partition coefficient (Wildman–Crippen LogP) is 0.149. The number of hydrogen-bond donors (Lipinski definition) is 0. The highest BCUT2D eigenvalue weighted by Gasteiger charge is 2.21. The largest absolute Gasteiger partial charge is 0.260 e. The van der Waals surface area contributed by atoms with E-state index in [0.29, 0.717) is 0 Å². The Morgan fingerprint density at radius 1 is 1.60 bits per heavy atom. The Bertz CT molecular complexity index is 33.9. The second kappa shape index (κ2) is 0.954. The molecule has 1 rings (SSSR count). The minimum atomic E-state index is 0.190. The molecule has 0 aromatic carbocycles. The summed E-state index contributed by atoms with van der Waals surface area (Å²) in [5.41, 5.74) is 0. The quantitative estimate of drug-likeness (QED) is 0.405. The maximum atomic E-state index is 7.71. The third kappa shape index (κ3) is 0.597. The molecule has 0 bridgehead atoms. The molecule has 2 nitrogen and oxygen atoms in total. The van der Waals surface area contributed by atoms with Crippen LogP contribution in [0.3, 0.4) is 0 Å². The van der Waals surface area contributed by atoms with Crippen LogP contribution in [0, 0.1) is 0 Å². The molecule has 2 radical (unpaired) electrons. The van der Waals surface area contributed by atoms with Gasteiger partial charge in [-0.3, -0.25) is 4.84 Å². The van der Waals surface area contributed by atoms with Crippen LogP contribution in [0.15, 0.2) is 0 Å². The summed E-state index contributed by atoms with van der Waals surface area (Å²) >= 11 is 0. The summed E-state index contributed by atoms with van der Waals surface area (Å²) in [5.74, 6) is 7.71. The van der Waals surface area contributed by atoms with Gasteiger partial charge < -0.3 is 0 Å². The maximum absolute atomic E-state index is 7.71. The van der Waals surface area contributed by atoms with Crippen LogP contribution in [0.5, 0.6) is 0 Å². The van der Waals surface area contributed by atoms with Crippen LogP contribution in [-0.2, 0) is 4.84 Å². The van der Waals surface area contributed by atoms with Crippen LogP contribution in [-0.4, -0.2) is 6.10 Å². The zero-order valence-electron chi connectivity index (χ0n) is 2.85. The van der Waals surface area contributed by atoms with Crippen LogP contribution in [0.25, 0.3) is 0 Å². The lowest BCUT2D eigenvalue weighted by molar-refractivity contribution is 0.103. The van der Waals surface area contributed by atoms with E-state index in [-0.39, 0.29) is 6.10 Å². The van der Waals surface area contributed by atoms with E-state index >= 15 is 0 Å². The second-order valence-electron chi connectivity index (χ2n) is 1.30. The van der Waals surface area contributed by atoms with Crippen molar-refractivity contribution in [2.75, 3.05) is 0 Å². The molecule has 28 valence electrons. The van der Waals surface area contributed by atoms with Gasteiger partial charge in [0.25, 0.3) is 0 Å². The molecule has 0 aromatic rings. The van der Waals surface area contributed by atoms with Gasteiger partial charge in [0.15, 0.2) is 0 Å². The monoisotopic (exact) mass is 71.0 g/mol. The Hall–Kier alpha value is -0.0800. The Balaban J connectivity index is 2.00. The lowest BCUT2D eigenvalue weighted by atomic mass is 10.9. The normalized spacial score (nSPS) is 23.4. The van der Waals surface area contributed by atoms with Gasteiger partial charge in [0.05, 0.1) is 6.10 Å². The molecule has 0 heterocycles. The molecule has 0 amide bonds. The first kappa shape index (κ1) is 3.12. The molecule has 0 atom stereocenters. The van der Waals surface area contributed by atoms with Crippen molar-refractivity contribution >= 4 is 0 Å². The molecule has 0 saturated heterocycles. The summed E-state index contributed by atoms with van der Waals surface area (Å²) in [4.78, 5) is 3.86. The van der Waals surface area contributed by atoms with Crippen LogP contribution in [0.2, 0.25) is 0 Å². The van der Waals surface area contributed by atoms with E-state index in [4.69, 9.17) is 5.90 Å². The highest BCUT2D eigenvalue weighted by molar-refractivity contribution is 4.71. The van der Waals surface area contributed by atoms with Crippen molar-refractivity contribution < 1.29 is 4.84 Å². The summed E-state index contributed by atoms with van der Waals surface area (Å²) < 4.78 is 0. The number of rotatable bonds is 1. The summed E-state index contributed by atoms with van der Waals surface area (Å²) in [5, 5.41) is 0. The lowest BCUT2D eigenvalue weighted by Crippen LogP contribution is -1.84. The fourth-order valence-corrected chi connectivity index (χ4v) is 0.173. The summed E-state index contributed by atoms with van der Waals surface area (Å²) in [6.07, 6.45) is 2.27. The molecule has 0 N–H and O–H groups in total. The van der Waals surface area contributed by atoms with E-state index in [2.05, 4.69) is 4.84 Å². The van der Waals surface area contributed by atoms with Gasteiger partial charge in [-0.15, -0.1) is 0 Å². The minimum absolute atomic E-state index is 0.190. The first-order valence-corrected chi connectivity index (χ1v) is 1.73. The van der Waals surface area contributed by atoms with E-state index < -0.39 is 0 Å². The van der Waals surface area contributed by atoms with Crippen LogP contribution in [0.1, 0.15) is 12.8 Å². The molecule has 1 saturated carbocycles. The van der Waals surface area contributed by atoms with E-state index in [1.165, 1.54) is 0 Å². The molecule has 2 heteroatoms. The molecular formula is C3H5NO.